The summed E-state index contributed by atoms with van der Waals surface area (Å²) in [6.07, 6.45) is 0.796. The van der Waals surface area contributed by atoms with Crippen molar-refractivity contribution in [3.05, 3.63) is 47.8 Å². The van der Waals surface area contributed by atoms with Gasteiger partial charge in [-0.05, 0) is 5.56 Å². The first kappa shape index (κ1) is 14.2. The van der Waals surface area contributed by atoms with Crippen LogP contribution in [0.25, 0.3) is 0 Å². The number of hydrogen-bond donors (Lipinski definition) is 1. The second-order valence-corrected chi connectivity index (χ2v) is 4.52. The topological polar surface area (TPSA) is 41.1 Å². The molecule has 4 nitrogen and oxygen atoms in total. The Morgan fingerprint density at radius 1 is 1.10 bits per heavy atom. The van der Waals surface area contributed by atoms with Gasteiger partial charge in [0.05, 0.1) is 0 Å². The smallest absolute Gasteiger partial charge is 0.263 e. The number of halogens is 2. The molecule has 0 atom stereocenters. The minimum absolute atomic E-state index is 0.0298. The van der Waals surface area contributed by atoms with E-state index in [2.05, 4.69) is 15.3 Å². The van der Waals surface area contributed by atoms with Gasteiger partial charge in [0.25, 0.3) is 6.43 Å². The van der Waals surface area contributed by atoms with E-state index in [-0.39, 0.29) is 5.56 Å². The lowest BCUT2D eigenvalue weighted by Gasteiger charge is -2.15. The highest BCUT2D eigenvalue weighted by atomic mass is 19.3. The zero-order chi connectivity index (χ0) is 14.5. The van der Waals surface area contributed by atoms with Crippen molar-refractivity contribution in [1.29, 1.82) is 0 Å². The Balaban J connectivity index is 2.05. The van der Waals surface area contributed by atoms with Gasteiger partial charge in [-0.15, -0.1) is 0 Å². The van der Waals surface area contributed by atoms with E-state index in [1.54, 1.807) is 24.5 Å². The molecule has 0 aliphatic carbocycles. The second-order valence-electron chi connectivity index (χ2n) is 4.52. The number of nitrogens with one attached hydrogen (secondary N) is 1. The lowest BCUT2D eigenvalue weighted by atomic mass is 10.1. The van der Waals surface area contributed by atoms with Crippen molar-refractivity contribution in [2.45, 2.75) is 13.0 Å². The van der Waals surface area contributed by atoms with Crippen LogP contribution in [0.4, 0.5) is 20.4 Å². The Kier molecular flexibility index (Phi) is 4.45. The van der Waals surface area contributed by atoms with Crippen LogP contribution in [-0.2, 0) is 6.54 Å². The van der Waals surface area contributed by atoms with Gasteiger partial charge in [0.1, 0.15) is 0 Å². The normalized spacial score (nSPS) is 10.7. The number of rotatable bonds is 5. The van der Waals surface area contributed by atoms with Gasteiger partial charge in [0, 0.05) is 38.6 Å². The molecular formula is C14H16F2N4. The summed E-state index contributed by atoms with van der Waals surface area (Å²) in [5.41, 5.74) is 0.937. The molecule has 2 rings (SSSR count). The van der Waals surface area contributed by atoms with E-state index in [0.29, 0.717) is 12.4 Å². The maximum atomic E-state index is 12.5. The monoisotopic (exact) mass is 278 g/mol. The van der Waals surface area contributed by atoms with Crippen LogP contribution in [0.1, 0.15) is 17.6 Å². The van der Waals surface area contributed by atoms with Gasteiger partial charge in [0.15, 0.2) is 11.6 Å². The third kappa shape index (κ3) is 3.40. The molecule has 0 aliphatic heterocycles. The maximum Gasteiger partial charge on any atom is 0.263 e. The third-order valence-corrected chi connectivity index (χ3v) is 2.79. The SMILES string of the molecule is CN(C)c1nccnc1NCc1ccc(C(F)F)cc1. The van der Waals surface area contributed by atoms with Crippen LogP contribution in [0.5, 0.6) is 0 Å². The first-order valence-corrected chi connectivity index (χ1v) is 6.17. The van der Waals surface area contributed by atoms with Crippen LogP contribution >= 0.6 is 0 Å². The van der Waals surface area contributed by atoms with Crippen molar-refractivity contribution in [3.8, 4) is 0 Å². The molecule has 0 saturated heterocycles. The van der Waals surface area contributed by atoms with Gasteiger partial charge < -0.3 is 10.2 Å². The molecule has 20 heavy (non-hydrogen) atoms. The van der Waals surface area contributed by atoms with Crippen LogP contribution in [0.2, 0.25) is 0 Å². The molecule has 0 fully saturated rings. The first-order valence-electron chi connectivity index (χ1n) is 6.17. The van der Waals surface area contributed by atoms with E-state index in [0.717, 1.165) is 11.4 Å². The van der Waals surface area contributed by atoms with E-state index in [4.69, 9.17) is 0 Å². The standard InChI is InChI=1S/C14H16F2N4/c1-20(2)14-13(17-7-8-18-14)19-9-10-3-5-11(6-4-10)12(15)16/h3-8,12H,9H2,1-2H3,(H,17,19). The Labute approximate surface area is 116 Å². The molecule has 1 aromatic heterocycles. The van der Waals surface area contributed by atoms with Crippen molar-refractivity contribution in [2.75, 3.05) is 24.3 Å². The highest BCUT2D eigenvalue weighted by Crippen LogP contribution is 2.20. The Morgan fingerprint density at radius 3 is 2.35 bits per heavy atom. The lowest BCUT2D eigenvalue weighted by Crippen LogP contribution is -2.14. The van der Waals surface area contributed by atoms with E-state index in [9.17, 15) is 8.78 Å². The minimum Gasteiger partial charge on any atom is -0.363 e. The van der Waals surface area contributed by atoms with Crippen molar-refractivity contribution in [1.82, 2.24) is 9.97 Å². The van der Waals surface area contributed by atoms with Crippen LogP contribution in [0.3, 0.4) is 0 Å². The van der Waals surface area contributed by atoms with Crippen LogP contribution in [-0.4, -0.2) is 24.1 Å². The molecule has 0 saturated carbocycles. The molecule has 0 aliphatic rings. The summed E-state index contributed by atoms with van der Waals surface area (Å²) in [6.45, 7) is 0.503. The van der Waals surface area contributed by atoms with Crippen LogP contribution < -0.4 is 10.2 Å². The molecule has 0 radical (unpaired) electrons. The van der Waals surface area contributed by atoms with E-state index < -0.39 is 6.43 Å². The fourth-order valence-corrected chi connectivity index (χ4v) is 1.75. The van der Waals surface area contributed by atoms with Crippen LogP contribution in [0, 0.1) is 0 Å². The van der Waals surface area contributed by atoms with Crippen molar-refractivity contribution in [2.24, 2.45) is 0 Å². The summed E-state index contributed by atoms with van der Waals surface area (Å²) < 4.78 is 24.9. The van der Waals surface area contributed by atoms with Crippen molar-refractivity contribution < 1.29 is 8.78 Å². The molecule has 6 heteroatoms. The zero-order valence-corrected chi connectivity index (χ0v) is 11.3. The molecule has 0 spiro atoms. The Hall–Kier alpha value is -2.24. The Bertz CT molecular complexity index is 555. The molecule has 106 valence electrons. The van der Waals surface area contributed by atoms with E-state index in [1.165, 1.54) is 12.1 Å². The van der Waals surface area contributed by atoms with Crippen molar-refractivity contribution >= 4 is 11.6 Å². The van der Waals surface area contributed by atoms with Gasteiger partial charge in [-0.3, -0.25) is 0 Å². The summed E-state index contributed by atoms with van der Waals surface area (Å²) in [4.78, 5) is 10.3. The summed E-state index contributed by atoms with van der Waals surface area (Å²) in [7, 11) is 3.76. The average molecular weight is 278 g/mol. The summed E-state index contributed by atoms with van der Waals surface area (Å²) in [5.74, 6) is 1.40. The highest BCUT2D eigenvalue weighted by molar-refractivity contribution is 5.59. The molecule has 1 aromatic carbocycles. The Morgan fingerprint density at radius 2 is 1.75 bits per heavy atom. The predicted molar refractivity (Wildman–Crippen MR) is 75.1 cm³/mol. The molecule has 1 N–H and O–H groups in total. The molecule has 1 heterocycles. The number of hydrogen-bond acceptors (Lipinski definition) is 4. The molecular weight excluding hydrogens is 262 g/mol. The van der Waals surface area contributed by atoms with Gasteiger partial charge >= 0.3 is 0 Å². The van der Waals surface area contributed by atoms with Gasteiger partial charge in [-0.2, -0.15) is 0 Å². The molecule has 0 amide bonds. The molecule has 2 aromatic rings. The summed E-state index contributed by atoms with van der Waals surface area (Å²) in [5, 5.41) is 3.16. The van der Waals surface area contributed by atoms with Crippen LogP contribution in [0.15, 0.2) is 36.7 Å². The van der Waals surface area contributed by atoms with Gasteiger partial charge in [-0.1, -0.05) is 24.3 Å². The quantitative estimate of drug-likeness (QED) is 0.912. The average Bonchev–Trinajstić information content (AvgIpc) is 2.45. The van der Waals surface area contributed by atoms with E-state index in [1.807, 2.05) is 19.0 Å². The second kappa shape index (κ2) is 6.27. The maximum absolute atomic E-state index is 12.5. The fourth-order valence-electron chi connectivity index (χ4n) is 1.75. The minimum atomic E-state index is -2.43. The third-order valence-electron chi connectivity index (χ3n) is 2.79. The number of benzene rings is 1. The van der Waals surface area contributed by atoms with E-state index >= 15 is 0 Å². The van der Waals surface area contributed by atoms with Gasteiger partial charge in [0.2, 0.25) is 0 Å². The summed E-state index contributed by atoms with van der Waals surface area (Å²) in [6, 6.07) is 6.23. The number of alkyl halides is 2. The highest BCUT2D eigenvalue weighted by Gasteiger charge is 2.08. The first-order chi connectivity index (χ1) is 9.58. The fraction of sp³-hybridized carbons (Fsp3) is 0.286. The number of aromatic nitrogens is 2. The summed E-state index contributed by atoms with van der Waals surface area (Å²) >= 11 is 0. The number of anilines is 2. The van der Waals surface area contributed by atoms with Crippen molar-refractivity contribution in [3.63, 3.8) is 0 Å². The molecule has 0 unspecified atom stereocenters. The zero-order valence-electron chi connectivity index (χ0n) is 11.3. The molecule has 0 bridgehead atoms. The number of nitrogens with zero attached hydrogens (tertiary/aromatic N) is 3. The van der Waals surface area contributed by atoms with Gasteiger partial charge in [-0.25, -0.2) is 18.7 Å². The lowest BCUT2D eigenvalue weighted by molar-refractivity contribution is 0.151. The predicted octanol–water partition coefficient (Wildman–Crippen LogP) is 3.09. The largest absolute Gasteiger partial charge is 0.363 e.